The second-order valence-electron chi connectivity index (χ2n) is 5.25. The van der Waals surface area contributed by atoms with Gasteiger partial charge in [-0.1, -0.05) is 17.7 Å². The molecule has 3 amide bonds. The summed E-state index contributed by atoms with van der Waals surface area (Å²) < 4.78 is 0. The molecule has 1 atom stereocenters. The second kappa shape index (κ2) is 7.47. The first kappa shape index (κ1) is 16.6. The van der Waals surface area contributed by atoms with Crippen molar-refractivity contribution >= 4 is 29.2 Å². The van der Waals surface area contributed by atoms with Crippen LogP contribution in [0.4, 0.5) is 10.5 Å². The predicted octanol–water partition coefficient (Wildman–Crippen LogP) is 1.31. The van der Waals surface area contributed by atoms with Crippen LogP contribution in [0.1, 0.15) is 6.92 Å². The van der Waals surface area contributed by atoms with Gasteiger partial charge in [-0.2, -0.15) is 0 Å². The zero-order valence-electron chi connectivity index (χ0n) is 12.8. The van der Waals surface area contributed by atoms with Crippen LogP contribution in [0, 0.1) is 0 Å². The molecule has 22 heavy (non-hydrogen) atoms. The van der Waals surface area contributed by atoms with Gasteiger partial charge in [0.15, 0.2) is 0 Å². The predicted molar refractivity (Wildman–Crippen MR) is 87.3 cm³/mol. The molecule has 7 heteroatoms. The third kappa shape index (κ3) is 4.11. The molecule has 1 aliphatic rings. The second-order valence-corrected chi connectivity index (χ2v) is 5.68. The molecule has 1 saturated heterocycles. The molecule has 0 saturated carbocycles. The fourth-order valence-corrected chi connectivity index (χ4v) is 2.67. The first-order valence-corrected chi connectivity index (χ1v) is 7.66. The van der Waals surface area contributed by atoms with Crippen LogP contribution in [0.15, 0.2) is 24.3 Å². The van der Waals surface area contributed by atoms with Crippen LogP contribution in [0.25, 0.3) is 0 Å². The van der Waals surface area contributed by atoms with E-state index in [9.17, 15) is 9.59 Å². The minimum absolute atomic E-state index is 0.282. The Kier molecular flexibility index (Phi) is 5.63. The Hall–Kier alpha value is -1.79. The van der Waals surface area contributed by atoms with Crippen molar-refractivity contribution in [2.75, 3.05) is 38.1 Å². The summed E-state index contributed by atoms with van der Waals surface area (Å²) in [6, 6.07) is 6.95. The van der Waals surface area contributed by atoms with Crippen LogP contribution in [-0.4, -0.2) is 56.1 Å². The summed E-state index contributed by atoms with van der Waals surface area (Å²) in [6.45, 7) is 4.97. The highest BCUT2D eigenvalue weighted by Gasteiger charge is 2.26. The molecule has 0 spiro atoms. The maximum Gasteiger partial charge on any atom is 0.321 e. The first-order chi connectivity index (χ1) is 10.5. The smallest absolute Gasteiger partial charge is 0.321 e. The average Bonchev–Trinajstić information content (AvgIpc) is 2.54. The summed E-state index contributed by atoms with van der Waals surface area (Å²) in [5, 5.41) is 5.41. The number of amides is 3. The minimum Gasteiger partial charge on any atom is -0.369 e. The van der Waals surface area contributed by atoms with Crippen molar-refractivity contribution in [1.29, 1.82) is 0 Å². The Labute approximate surface area is 135 Å². The summed E-state index contributed by atoms with van der Waals surface area (Å²) in [5.74, 6) is -0.282. The molecule has 1 aromatic carbocycles. The van der Waals surface area contributed by atoms with Gasteiger partial charge in [0.25, 0.3) is 0 Å². The number of nitrogens with one attached hydrogen (secondary N) is 2. The van der Waals surface area contributed by atoms with E-state index in [4.69, 9.17) is 11.6 Å². The molecule has 0 aromatic heterocycles. The number of imide groups is 1. The molecule has 1 unspecified atom stereocenters. The van der Waals surface area contributed by atoms with Crippen molar-refractivity contribution in [2.45, 2.75) is 13.0 Å². The van der Waals surface area contributed by atoms with E-state index in [1.54, 1.807) is 0 Å². The van der Waals surface area contributed by atoms with E-state index in [0.717, 1.165) is 36.9 Å². The first-order valence-electron chi connectivity index (χ1n) is 7.28. The number of hydrogen-bond acceptors (Lipinski definition) is 4. The lowest BCUT2D eigenvalue weighted by Crippen LogP contribution is -2.55. The van der Waals surface area contributed by atoms with Crippen molar-refractivity contribution in [1.82, 2.24) is 15.5 Å². The molecule has 1 fully saturated rings. The minimum atomic E-state index is -0.477. The van der Waals surface area contributed by atoms with E-state index in [2.05, 4.69) is 20.4 Å². The van der Waals surface area contributed by atoms with Crippen LogP contribution in [0.5, 0.6) is 0 Å². The Balaban J connectivity index is 1.89. The van der Waals surface area contributed by atoms with Crippen LogP contribution in [-0.2, 0) is 4.79 Å². The van der Waals surface area contributed by atoms with E-state index in [0.29, 0.717) is 0 Å². The van der Waals surface area contributed by atoms with Crippen molar-refractivity contribution in [2.24, 2.45) is 0 Å². The fourth-order valence-electron chi connectivity index (χ4n) is 2.48. The Morgan fingerprint density at radius 2 is 1.91 bits per heavy atom. The third-order valence-electron chi connectivity index (χ3n) is 3.88. The number of benzene rings is 1. The summed E-state index contributed by atoms with van der Waals surface area (Å²) in [5.41, 5.74) is 1.09. The lowest BCUT2D eigenvalue weighted by Gasteiger charge is -2.38. The molecule has 2 rings (SSSR count). The Bertz CT molecular complexity index is 544. The normalized spacial score (nSPS) is 17.0. The molecule has 0 bridgehead atoms. The van der Waals surface area contributed by atoms with Crippen LogP contribution >= 0.6 is 11.6 Å². The topological polar surface area (TPSA) is 64.7 Å². The summed E-state index contributed by atoms with van der Waals surface area (Å²) in [4.78, 5) is 27.5. The lowest BCUT2D eigenvalue weighted by molar-refractivity contribution is -0.124. The highest BCUT2D eigenvalue weighted by Crippen LogP contribution is 2.21. The Morgan fingerprint density at radius 1 is 1.23 bits per heavy atom. The number of carbonyl (C=O) groups excluding carboxylic acids is 2. The molecular formula is C15H21ClN4O2. The van der Waals surface area contributed by atoms with Crippen LogP contribution in [0.2, 0.25) is 5.02 Å². The zero-order valence-corrected chi connectivity index (χ0v) is 13.6. The quantitative estimate of drug-likeness (QED) is 0.880. The fraction of sp³-hybridized carbons (Fsp3) is 0.467. The van der Waals surface area contributed by atoms with Gasteiger partial charge in [-0.05, 0) is 25.1 Å². The number of rotatable bonds is 3. The van der Waals surface area contributed by atoms with Crippen molar-refractivity contribution < 1.29 is 9.59 Å². The molecule has 0 aliphatic carbocycles. The number of piperazine rings is 1. The van der Waals surface area contributed by atoms with E-state index < -0.39 is 6.03 Å². The molecule has 0 radical (unpaired) electrons. The maximum absolute atomic E-state index is 12.0. The molecule has 2 N–H and O–H groups in total. The maximum atomic E-state index is 12.0. The Morgan fingerprint density at radius 3 is 2.50 bits per heavy atom. The largest absolute Gasteiger partial charge is 0.369 e. The molecule has 120 valence electrons. The molecule has 6 nitrogen and oxygen atoms in total. The van der Waals surface area contributed by atoms with Crippen LogP contribution < -0.4 is 15.5 Å². The lowest BCUT2D eigenvalue weighted by atomic mass is 10.2. The monoisotopic (exact) mass is 324 g/mol. The van der Waals surface area contributed by atoms with Crippen molar-refractivity contribution in [3.05, 3.63) is 29.3 Å². The van der Waals surface area contributed by atoms with E-state index in [-0.39, 0.29) is 11.9 Å². The number of carbonyl (C=O) groups is 2. The molecular weight excluding hydrogens is 304 g/mol. The summed E-state index contributed by atoms with van der Waals surface area (Å²) in [6.07, 6.45) is 0. The summed E-state index contributed by atoms with van der Waals surface area (Å²) >= 11 is 6.02. The SMILES string of the molecule is CNC(=O)NC(=O)C(C)N1CCN(c2cccc(Cl)c2)CC1. The zero-order chi connectivity index (χ0) is 16.1. The van der Waals surface area contributed by atoms with Gasteiger partial charge in [-0.25, -0.2) is 4.79 Å². The number of anilines is 1. The number of halogens is 1. The summed E-state index contributed by atoms with van der Waals surface area (Å²) in [7, 11) is 1.48. The van der Waals surface area contributed by atoms with Gasteiger partial charge < -0.3 is 10.2 Å². The van der Waals surface area contributed by atoms with Crippen LogP contribution in [0.3, 0.4) is 0 Å². The van der Waals surface area contributed by atoms with Gasteiger partial charge in [0.1, 0.15) is 0 Å². The van der Waals surface area contributed by atoms with E-state index >= 15 is 0 Å². The molecule has 1 heterocycles. The molecule has 1 aliphatic heterocycles. The average molecular weight is 325 g/mol. The highest BCUT2D eigenvalue weighted by atomic mass is 35.5. The van der Waals surface area contributed by atoms with Gasteiger partial charge >= 0.3 is 6.03 Å². The number of urea groups is 1. The van der Waals surface area contributed by atoms with Gasteiger partial charge in [0, 0.05) is 43.9 Å². The van der Waals surface area contributed by atoms with Gasteiger partial charge in [-0.3, -0.25) is 15.0 Å². The van der Waals surface area contributed by atoms with Crippen molar-refractivity contribution in [3.8, 4) is 0 Å². The van der Waals surface area contributed by atoms with Gasteiger partial charge in [0.05, 0.1) is 6.04 Å². The highest BCUT2D eigenvalue weighted by molar-refractivity contribution is 6.30. The molecule has 1 aromatic rings. The van der Waals surface area contributed by atoms with Gasteiger partial charge in [0.2, 0.25) is 5.91 Å². The van der Waals surface area contributed by atoms with E-state index in [1.165, 1.54) is 7.05 Å². The van der Waals surface area contributed by atoms with Gasteiger partial charge in [-0.15, -0.1) is 0 Å². The third-order valence-corrected chi connectivity index (χ3v) is 4.11. The van der Waals surface area contributed by atoms with E-state index in [1.807, 2.05) is 31.2 Å². The standard InChI is InChI=1S/C15H21ClN4O2/c1-11(14(21)18-15(22)17-2)19-6-8-20(9-7-19)13-5-3-4-12(16)10-13/h3-5,10-11H,6-9H2,1-2H3,(H2,17,18,21,22). The number of hydrogen-bond donors (Lipinski definition) is 2. The van der Waals surface area contributed by atoms with Crippen molar-refractivity contribution in [3.63, 3.8) is 0 Å². The number of nitrogens with zero attached hydrogens (tertiary/aromatic N) is 2.